The van der Waals surface area contributed by atoms with Crippen LogP contribution in [0.3, 0.4) is 0 Å². The molecule has 6 nitrogen and oxygen atoms in total. The molecular formula is C23H20N2O4S2. The Balaban J connectivity index is 1.53. The standard InChI is InChI=1S/C23H20N2O4S2/c1-2-29-18-11-12-20-21(14-18)30-23(24-20)25-22(26)17-9-6-10-19(13-17)31(27,28)15-16-7-4-3-5-8-16/h3-14H,2,15H2,1H3,(H,24,25,26). The molecule has 0 saturated heterocycles. The summed E-state index contributed by atoms with van der Waals surface area (Å²) in [6.07, 6.45) is 0. The van der Waals surface area contributed by atoms with E-state index < -0.39 is 15.7 Å². The second-order valence-corrected chi connectivity index (χ2v) is 9.83. The number of anilines is 1. The highest BCUT2D eigenvalue weighted by Crippen LogP contribution is 2.29. The number of hydrogen-bond donors (Lipinski definition) is 1. The maximum absolute atomic E-state index is 12.8. The maximum Gasteiger partial charge on any atom is 0.257 e. The molecule has 0 fully saturated rings. The SMILES string of the molecule is CCOc1ccc2nc(NC(=O)c3cccc(S(=O)(=O)Cc4ccccc4)c3)sc2c1. The lowest BCUT2D eigenvalue weighted by atomic mass is 10.2. The van der Waals surface area contributed by atoms with Crippen molar-refractivity contribution >= 4 is 42.4 Å². The van der Waals surface area contributed by atoms with E-state index in [-0.39, 0.29) is 16.2 Å². The Hall–Kier alpha value is -3.23. The Morgan fingerprint density at radius 1 is 1.03 bits per heavy atom. The zero-order valence-electron chi connectivity index (χ0n) is 16.7. The van der Waals surface area contributed by atoms with Crippen molar-refractivity contribution in [2.75, 3.05) is 11.9 Å². The monoisotopic (exact) mass is 452 g/mol. The fourth-order valence-corrected chi connectivity index (χ4v) is 5.37. The highest BCUT2D eigenvalue weighted by atomic mass is 32.2. The molecule has 0 bridgehead atoms. The molecule has 1 aromatic heterocycles. The molecule has 158 valence electrons. The lowest BCUT2D eigenvalue weighted by Gasteiger charge is -2.07. The third-order valence-corrected chi connectivity index (χ3v) is 7.17. The first kappa shape index (κ1) is 21.0. The molecule has 0 aliphatic carbocycles. The van der Waals surface area contributed by atoms with Crippen LogP contribution in [0.15, 0.2) is 77.7 Å². The first-order valence-electron chi connectivity index (χ1n) is 9.66. The van der Waals surface area contributed by atoms with Crippen LogP contribution in [0.1, 0.15) is 22.8 Å². The summed E-state index contributed by atoms with van der Waals surface area (Å²) in [6, 6.07) is 20.5. The molecule has 1 amide bonds. The first-order valence-corrected chi connectivity index (χ1v) is 12.1. The Morgan fingerprint density at radius 3 is 2.61 bits per heavy atom. The summed E-state index contributed by atoms with van der Waals surface area (Å²) in [5.74, 6) is 0.201. The smallest absolute Gasteiger partial charge is 0.257 e. The van der Waals surface area contributed by atoms with E-state index in [0.29, 0.717) is 17.3 Å². The number of thiazole rings is 1. The van der Waals surface area contributed by atoms with Gasteiger partial charge in [-0.15, -0.1) is 0 Å². The number of carbonyl (C=O) groups is 1. The Kier molecular flexibility index (Phi) is 6.01. The lowest BCUT2D eigenvalue weighted by molar-refractivity contribution is 0.102. The molecule has 0 unspecified atom stereocenters. The summed E-state index contributed by atoms with van der Waals surface area (Å²) in [7, 11) is -3.58. The van der Waals surface area contributed by atoms with Crippen LogP contribution in [0, 0.1) is 0 Å². The number of rotatable bonds is 7. The number of benzene rings is 3. The van der Waals surface area contributed by atoms with Crippen molar-refractivity contribution in [2.24, 2.45) is 0 Å². The van der Waals surface area contributed by atoms with E-state index in [1.807, 2.05) is 31.2 Å². The van der Waals surface area contributed by atoms with Crippen LogP contribution >= 0.6 is 11.3 Å². The molecule has 3 aromatic carbocycles. The summed E-state index contributed by atoms with van der Waals surface area (Å²) in [6.45, 7) is 2.48. The first-order chi connectivity index (χ1) is 14.9. The quantitative estimate of drug-likeness (QED) is 0.430. The fraction of sp³-hybridized carbons (Fsp3) is 0.130. The number of fused-ring (bicyclic) bond motifs is 1. The molecule has 4 aromatic rings. The lowest BCUT2D eigenvalue weighted by Crippen LogP contribution is -2.13. The molecule has 31 heavy (non-hydrogen) atoms. The van der Waals surface area contributed by atoms with Gasteiger partial charge in [-0.2, -0.15) is 0 Å². The third-order valence-electron chi connectivity index (χ3n) is 4.55. The van der Waals surface area contributed by atoms with Gasteiger partial charge in [-0.05, 0) is 48.9 Å². The van der Waals surface area contributed by atoms with Gasteiger partial charge in [-0.1, -0.05) is 47.7 Å². The van der Waals surface area contributed by atoms with Gasteiger partial charge in [0, 0.05) is 5.56 Å². The van der Waals surface area contributed by atoms with Crippen LogP contribution in [-0.2, 0) is 15.6 Å². The molecule has 0 aliphatic heterocycles. The minimum atomic E-state index is -3.58. The van der Waals surface area contributed by atoms with Gasteiger partial charge in [0.05, 0.1) is 27.5 Å². The van der Waals surface area contributed by atoms with Crippen molar-refractivity contribution < 1.29 is 17.9 Å². The van der Waals surface area contributed by atoms with Crippen LogP contribution in [-0.4, -0.2) is 25.9 Å². The van der Waals surface area contributed by atoms with Crippen LogP contribution in [0.4, 0.5) is 5.13 Å². The number of nitrogens with one attached hydrogen (secondary N) is 1. The summed E-state index contributed by atoms with van der Waals surface area (Å²) < 4.78 is 32.0. The van der Waals surface area contributed by atoms with Gasteiger partial charge >= 0.3 is 0 Å². The molecule has 0 spiro atoms. The summed E-state index contributed by atoms with van der Waals surface area (Å²) in [4.78, 5) is 17.3. The van der Waals surface area contributed by atoms with Crippen molar-refractivity contribution in [1.82, 2.24) is 4.98 Å². The zero-order valence-corrected chi connectivity index (χ0v) is 18.4. The molecule has 0 aliphatic rings. The van der Waals surface area contributed by atoms with Crippen LogP contribution in [0.2, 0.25) is 0 Å². The van der Waals surface area contributed by atoms with Crippen LogP contribution < -0.4 is 10.1 Å². The van der Waals surface area contributed by atoms with Gasteiger partial charge in [0.1, 0.15) is 5.75 Å². The average molecular weight is 453 g/mol. The Labute approximate surface area is 184 Å². The zero-order chi connectivity index (χ0) is 21.8. The Morgan fingerprint density at radius 2 is 1.84 bits per heavy atom. The topological polar surface area (TPSA) is 85.4 Å². The van der Waals surface area contributed by atoms with E-state index >= 15 is 0 Å². The molecule has 0 atom stereocenters. The van der Waals surface area contributed by atoms with Crippen LogP contribution in [0.5, 0.6) is 5.75 Å². The van der Waals surface area contributed by atoms with Crippen LogP contribution in [0.25, 0.3) is 10.2 Å². The van der Waals surface area contributed by atoms with E-state index in [9.17, 15) is 13.2 Å². The minimum Gasteiger partial charge on any atom is -0.494 e. The van der Waals surface area contributed by atoms with E-state index in [2.05, 4.69) is 10.3 Å². The highest BCUT2D eigenvalue weighted by Gasteiger charge is 2.18. The van der Waals surface area contributed by atoms with Gasteiger partial charge in [0.25, 0.3) is 5.91 Å². The molecule has 4 rings (SSSR count). The van der Waals surface area contributed by atoms with E-state index in [1.165, 1.54) is 23.5 Å². The molecule has 0 radical (unpaired) electrons. The van der Waals surface area contributed by atoms with Crippen molar-refractivity contribution in [3.63, 3.8) is 0 Å². The minimum absolute atomic E-state index is 0.106. The molecule has 0 saturated carbocycles. The van der Waals surface area contributed by atoms with E-state index in [4.69, 9.17) is 4.74 Å². The van der Waals surface area contributed by atoms with Gasteiger partial charge in [0.2, 0.25) is 0 Å². The van der Waals surface area contributed by atoms with Crippen molar-refractivity contribution in [3.05, 3.63) is 83.9 Å². The summed E-state index contributed by atoms with van der Waals surface area (Å²) in [5, 5.41) is 3.20. The van der Waals surface area contributed by atoms with Crippen molar-refractivity contribution in [1.29, 1.82) is 0 Å². The average Bonchev–Trinajstić information content (AvgIpc) is 3.16. The number of ether oxygens (including phenoxy) is 1. The number of nitrogens with zero attached hydrogens (tertiary/aromatic N) is 1. The second-order valence-electron chi connectivity index (χ2n) is 6.81. The molecular weight excluding hydrogens is 432 g/mol. The summed E-state index contributed by atoms with van der Waals surface area (Å²) >= 11 is 1.33. The summed E-state index contributed by atoms with van der Waals surface area (Å²) in [5.41, 5.74) is 1.70. The van der Waals surface area contributed by atoms with E-state index in [0.717, 1.165) is 16.0 Å². The largest absolute Gasteiger partial charge is 0.494 e. The van der Waals surface area contributed by atoms with E-state index in [1.54, 1.807) is 36.4 Å². The van der Waals surface area contributed by atoms with Crippen molar-refractivity contribution in [3.8, 4) is 5.75 Å². The normalized spacial score (nSPS) is 11.4. The van der Waals surface area contributed by atoms with Crippen molar-refractivity contribution in [2.45, 2.75) is 17.6 Å². The fourth-order valence-electron chi connectivity index (χ4n) is 3.09. The van der Waals surface area contributed by atoms with Gasteiger partial charge in [0.15, 0.2) is 15.0 Å². The number of sulfone groups is 1. The van der Waals surface area contributed by atoms with Gasteiger partial charge in [-0.3, -0.25) is 10.1 Å². The van der Waals surface area contributed by atoms with Gasteiger partial charge in [-0.25, -0.2) is 13.4 Å². The second kappa shape index (κ2) is 8.87. The van der Waals surface area contributed by atoms with Gasteiger partial charge < -0.3 is 4.74 Å². The highest BCUT2D eigenvalue weighted by molar-refractivity contribution is 7.90. The molecule has 8 heteroatoms. The molecule has 1 heterocycles. The number of aromatic nitrogens is 1. The number of carbonyl (C=O) groups excluding carboxylic acids is 1. The predicted molar refractivity (Wildman–Crippen MR) is 123 cm³/mol. The Bertz CT molecular complexity index is 1330. The number of amides is 1. The third kappa shape index (κ3) is 4.92. The predicted octanol–water partition coefficient (Wildman–Crippen LogP) is 4.92. The number of hydrogen-bond acceptors (Lipinski definition) is 6. The molecule has 1 N–H and O–H groups in total. The maximum atomic E-state index is 12.8.